The Morgan fingerprint density at radius 3 is 2.92 bits per heavy atom. The van der Waals surface area contributed by atoms with Crippen LogP contribution in [0.15, 0.2) is 54.2 Å². The van der Waals surface area contributed by atoms with Gasteiger partial charge in [0.15, 0.2) is 0 Å². The van der Waals surface area contributed by atoms with Crippen molar-refractivity contribution in [2.45, 2.75) is 33.0 Å². The van der Waals surface area contributed by atoms with Crippen LogP contribution in [0.2, 0.25) is 0 Å². The maximum atomic E-state index is 14.3. The molecule has 1 aromatic heterocycles. The Kier molecular flexibility index (Phi) is 4.93. The van der Waals surface area contributed by atoms with Crippen LogP contribution in [-0.4, -0.2) is 28.0 Å². The van der Waals surface area contributed by atoms with E-state index in [4.69, 9.17) is 0 Å². The molecular formula is C18H22FN5. The summed E-state index contributed by atoms with van der Waals surface area (Å²) in [6.07, 6.45) is 10.2. The lowest BCUT2D eigenvalue weighted by molar-refractivity contribution is 0.623. The van der Waals surface area contributed by atoms with Crippen molar-refractivity contribution >= 4 is 17.1 Å². The van der Waals surface area contributed by atoms with Gasteiger partial charge in [-0.1, -0.05) is 0 Å². The highest BCUT2D eigenvalue weighted by Gasteiger charge is 2.15. The van der Waals surface area contributed by atoms with Crippen molar-refractivity contribution in [2.24, 2.45) is 4.99 Å². The molecule has 0 spiro atoms. The zero-order valence-corrected chi connectivity index (χ0v) is 14.0. The molecule has 24 heavy (non-hydrogen) atoms. The fourth-order valence-electron chi connectivity index (χ4n) is 2.73. The molecular weight excluding hydrogens is 305 g/mol. The summed E-state index contributed by atoms with van der Waals surface area (Å²) >= 11 is 0. The van der Waals surface area contributed by atoms with Crippen LogP contribution in [0.1, 0.15) is 20.3 Å². The number of nitrogens with zero attached hydrogens (tertiary/aromatic N) is 4. The van der Waals surface area contributed by atoms with E-state index >= 15 is 0 Å². The first-order chi connectivity index (χ1) is 11.6. The second kappa shape index (κ2) is 7.29. The third-order valence-corrected chi connectivity index (χ3v) is 3.99. The lowest BCUT2D eigenvalue weighted by Gasteiger charge is -2.28. The van der Waals surface area contributed by atoms with Gasteiger partial charge in [0, 0.05) is 43.1 Å². The third-order valence-electron chi connectivity index (χ3n) is 3.99. The van der Waals surface area contributed by atoms with E-state index in [1.54, 1.807) is 24.7 Å². The molecule has 0 amide bonds. The van der Waals surface area contributed by atoms with E-state index in [2.05, 4.69) is 15.3 Å². The number of aliphatic imine (C=N–C) groups is 1. The van der Waals surface area contributed by atoms with Gasteiger partial charge >= 0.3 is 0 Å². The van der Waals surface area contributed by atoms with Crippen molar-refractivity contribution in [3.8, 4) is 0 Å². The van der Waals surface area contributed by atoms with Crippen LogP contribution in [0.5, 0.6) is 0 Å². The summed E-state index contributed by atoms with van der Waals surface area (Å²) in [5, 5.41) is 3.15. The van der Waals surface area contributed by atoms with E-state index in [1.807, 2.05) is 47.9 Å². The topological polar surface area (TPSA) is 45.5 Å². The number of hydrogen-bond acceptors (Lipinski definition) is 4. The zero-order valence-electron chi connectivity index (χ0n) is 14.0. The van der Waals surface area contributed by atoms with Crippen molar-refractivity contribution in [1.29, 1.82) is 0 Å². The smallest absolute Gasteiger partial charge is 0.148 e. The van der Waals surface area contributed by atoms with Crippen LogP contribution < -0.4 is 10.2 Å². The van der Waals surface area contributed by atoms with Crippen LogP contribution in [0.25, 0.3) is 0 Å². The number of rotatable bonds is 6. The van der Waals surface area contributed by atoms with E-state index in [0.29, 0.717) is 12.2 Å². The maximum absolute atomic E-state index is 14.3. The number of aromatic nitrogens is 2. The fraction of sp³-hybridized carbons (Fsp3) is 0.333. The molecule has 1 unspecified atom stereocenters. The highest BCUT2D eigenvalue weighted by molar-refractivity contribution is 5.94. The Hall–Kier alpha value is -2.63. The standard InChI is InChI=1S/C18H22FN5/c1-14-6-10-24(15(2)22-14)16-4-5-18(17(19)12-16)21-7-3-9-23-11-8-20-13-23/h4-6,8,10-13,15,21H,3,7,9H2,1-2H3. The lowest BCUT2D eigenvalue weighted by Crippen LogP contribution is -2.29. The van der Waals surface area contributed by atoms with Gasteiger partial charge in [0.05, 0.1) is 12.0 Å². The van der Waals surface area contributed by atoms with E-state index in [9.17, 15) is 4.39 Å². The van der Waals surface area contributed by atoms with E-state index in [-0.39, 0.29) is 12.0 Å². The average molecular weight is 327 g/mol. The number of allylic oxidation sites excluding steroid dienone is 1. The molecule has 5 nitrogen and oxygen atoms in total. The van der Waals surface area contributed by atoms with E-state index < -0.39 is 0 Å². The number of hydrogen-bond donors (Lipinski definition) is 1. The predicted octanol–water partition coefficient (Wildman–Crippen LogP) is 3.67. The molecule has 1 aliphatic heterocycles. The first kappa shape index (κ1) is 16.2. The van der Waals surface area contributed by atoms with Gasteiger partial charge < -0.3 is 14.8 Å². The molecule has 1 atom stereocenters. The van der Waals surface area contributed by atoms with E-state index in [0.717, 1.165) is 24.4 Å². The molecule has 0 radical (unpaired) electrons. The van der Waals surface area contributed by atoms with Crippen LogP contribution in [0.4, 0.5) is 15.8 Å². The Bertz CT molecular complexity index is 736. The largest absolute Gasteiger partial charge is 0.383 e. The molecule has 0 aliphatic carbocycles. The van der Waals surface area contributed by atoms with Crippen molar-refractivity contribution < 1.29 is 4.39 Å². The van der Waals surface area contributed by atoms with Crippen LogP contribution in [0, 0.1) is 5.82 Å². The first-order valence-corrected chi connectivity index (χ1v) is 8.13. The number of benzene rings is 1. The second-order valence-corrected chi connectivity index (χ2v) is 5.87. The minimum atomic E-state index is -0.248. The molecule has 0 fully saturated rings. The van der Waals surface area contributed by atoms with Gasteiger partial charge in [-0.15, -0.1) is 0 Å². The molecule has 1 aromatic carbocycles. The molecule has 3 rings (SSSR count). The number of imidazole rings is 1. The molecule has 0 saturated heterocycles. The van der Waals surface area contributed by atoms with Crippen molar-refractivity contribution in [3.63, 3.8) is 0 Å². The third kappa shape index (κ3) is 3.82. The molecule has 1 N–H and O–H groups in total. The Morgan fingerprint density at radius 2 is 2.21 bits per heavy atom. The summed E-state index contributed by atoms with van der Waals surface area (Å²) in [6.45, 7) is 5.52. The number of anilines is 2. The number of aryl methyl sites for hydroxylation is 1. The van der Waals surface area contributed by atoms with Gasteiger partial charge in [0.1, 0.15) is 12.0 Å². The summed E-state index contributed by atoms with van der Waals surface area (Å²) in [7, 11) is 0. The number of halogens is 1. The molecule has 1 aliphatic rings. The van der Waals surface area contributed by atoms with Gasteiger partial charge in [-0.2, -0.15) is 0 Å². The SMILES string of the molecule is CC1=NC(C)N(c2ccc(NCCCn3ccnc3)c(F)c2)C=C1. The summed E-state index contributed by atoms with van der Waals surface area (Å²) in [5.41, 5.74) is 2.31. The summed E-state index contributed by atoms with van der Waals surface area (Å²) in [5.74, 6) is -0.248. The molecule has 2 heterocycles. The Morgan fingerprint density at radius 1 is 1.33 bits per heavy atom. The minimum absolute atomic E-state index is 0.0246. The Balaban J connectivity index is 1.57. The summed E-state index contributed by atoms with van der Waals surface area (Å²) in [4.78, 5) is 10.4. The van der Waals surface area contributed by atoms with Crippen LogP contribution >= 0.6 is 0 Å². The highest BCUT2D eigenvalue weighted by atomic mass is 19.1. The second-order valence-electron chi connectivity index (χ2n) is 5.87. The quantitative estimate of drug-likeness (QED) is 0.824. The van der Waals surface area contributed by atoms with Crippen LogP contribution in [-0.2, 0) is 6.54 Å². The summed E-state index contributed by atoms with van der Waals surface area (Å²) in [6, 6.07) is 5.25. The molecule has 0 bridgehead atoms. The van der Waals surface area contributed by atoms with E-state index in [1.165, 1.54) is 0 Å². The molecule has 126 valence electrons. The predicted molar refractivity (Wildman–Crippen MR) is 95.9 cm³/mol. The monoisotopic (exact) mass is 327 g/mol. The fourth-order valence-corrected chi connectivity index (χ4v) is 2.73. The Labute approximate surface area is 141 Å². The summed E-state index contributed by atoms with van der Waals surface area (Å²) < 4.78 is 16.4. The normalized spacial score (nSPS) is 17.0. The minimum Gasteiger partial charge on any atom is -0.383 e. The van der Waals surface area contributed by atoms with Gasteiger partial charge in [0.25, 0.3) is 0 Å². The van der Waals surface area contributed by atoms with Gasteiger partial charge in [-0.3, -0.25) is 4.99 Å². The van der Waals surface area contributed by atoms with Crippen molar-refractivity contribution in [2.75, 3.05) is 16.8 Å². The first-order valence-electron chi connectivity index (χ1n) is 8.13. The number of nitrogens with one attached hydrogen (secondary N) is 1. The van der Waals surface area contributed by atoms with Gasteiger partial charge in [0.2, 0.25) is 0 Å². The average Bonchev–Trinajstić information content (AvgIpc) is 3.06. The molecule has 0 saturated carbocycles. The zero-order chi connectivity index (χ0) is 16.9. The lowest BCUT2D eigenvalue weighted by atomic mass is 10.2. The van der Waals surface area contributed by atoms with Crippen molar-refractivity contribution in [1.82, 2.24) is 9.55 Å². The van der Waals surface area contributed by atoms with Crippen molar-refractivity contribution in [3.05, 3.63) is 55.0 Å². The van der Waals surface area contributed by atoms with Gasteiger partial charge in [-0.05, 0) is 44.5 Å². The highest BCUT2D eigenvalue weighted by Crippen LogP contribution is 2.25. The molecule has 2 aromatic rings. The maximum Gasteiger partial charge on any atom is 0.148 e. The van der Waals surface area contributed by atoms with Gasteiger partial charge in [-0.25, -0.2) is 9.37 Å². The van der Waals surface area contributed by atoms with Crippen LogP contribution in [0.3, 0.4) is 0 Å². The molecule has 6 heteroatoms.